The van der Waals surface area contributed by atoms with Gasteiger partial charge in [-0.25, -0.2) is 0 Å². The molecule has 2 nitrogen and oxygen atoms in total. The van der Waals surface area contributed by atoms with Crippen molar-refractivity contribution in [1.82, 2.24) is 10.2 Å². The summed E-state index contributed by atoms with van der Waals surface area (Å²) < 4.78 is 35.5. The first-order valence-corrected chi connectivity index (χ1v) is 6.58. The average Bonchev–Trinajstić information content (AvgIpc) is 2.28. The summed E-state index contributed by atoms with van der Waals surface area (Å²) >= 11 is 0. The maximum absolute atomic E-state index is 11.8. The minimum Gasteiger partial charge on any atom is -0.317 e. The van der Waals surface area contributed by atoms with E-state index in [0.717, 1.165) is 19.5 Å². The van der Waals surface area contributed by atoms with E-state index < -0.39 is 12.6 Å². The van der Waals surface area contributed by atoms with Gasteiger partial charge in [0.05, 0.1) is 0 Å². The molecule has 1 fully saturated rings. The van der Waals surface area contributed by atoms with Crippen molar-refractivity contribution in [2.45, 2.75) is 44.7 Å². The van der Waals surface area contributed by atoms with E-state index in [1.807, 2.05) is 0 Å². The zero-order valence-corrected chi connectivity index (χ0v) is 10.4. The number of alkyl halides is 3. The van der Waals surface area contributed by atoms with Gasteiger partial charge in [0, 0.05) is 6.42 Å². The highest BCUT2D eigenvalue weighted by Crippen LogP contribution is 2.20. The summed E-state index contributed by atoms with van der Waals surface area (Å²) in [5.74, 6) is 0. The van der Waals surface area contributed by atoms with Crippen LogP contribution in [0.1, 0.15) is 38.5 Å². The Morgan fingerprint density at radius 1 is 0.941 bits per heavy atom. The average molecular weight is 252 g/mol. The Morgan fingerprint density at radius 2 is 1.59 bits per heavy atom. The van der Waals surface area contributed by atoms with Gasteiger partial charge in [0.25, 0.3) is 0 Å². The molecule has 0 spiro atoms. The second-order valence-corrected chi connectivity index (χ2v) is 4.72. The van der Waals surface area contributed by atoms with Gasteiger partial charge >= 0.3 is 6.18 Å². The predicted octanol–water partition coefficient (Wildman–Crippen LogP) is 2.79. The second-order valence-electron chi connectivity index (χ2n) is 4.72. The third-order valence-electron chi connectivity index (χ3n) is 3.09. The highest BCUT2D eigenvalue weighted by Gasteiger charge is 2.25. The Bertz CT molecular complexity index is 189. The summed E-state index contributed by atoms with van der Waals surface area (Å²) in [6.45, 7) is 4.75. The Kier molecular flexibility index (Phi) is 6.89. The molecule has 1 saturated heterocycles. The van der Waals surface area contributed by atoms with Gasteiger partial charge < -0.3 is 10.2 Å². The number of nitrogens with one attached hydrogen (secondary N) is 1. The maximum atomic E-state index is 11.8. The van der Waals surface area contributed by atoms with E-state index in [0.29, 0.717) is 6.54 Å². The van der Waals surface area contributed by atoms with Crippen molar-refractivity contribution in [2.24, 2.45) is 0 Å². The first-order chi connectivity index (χ1) is 8.08. The molecule has 0 aromatic carbocycles. The number of hydrogen-bond acceptors (Lipinski definition) is 2. The van der Waals surface area contributed by atoms with Crippen LogP contribution in [0.4, 0.5) is 13.2 Å². The molecular formula is C12H23F3N2. The van der Waals surface area contributed by atoms with Gasteiger partial charge in [0.15, 0.2) is 0 Å². The molecule has 0 amide bonds. The fourth-order valence-corrected chi connectivity index (χ4v) is 2.15. The van der Waals surface area contributed by atoms with Crippen LogP contribution in [-0.4, -0.2) is 43.8 Å². The fraction of sp³-hybridized carbons (Fsp3) is 1.00. The van der Waals surface area contributed by atoms with Crippen LogP contribution in [0, 0.1) is 0 Å². The summed E-state index contributed by atoms with van der Waals surface area (Å²) in [5, 5.41) is 3.07. The van der Waals surface area contributed by atoms with Gasteiger partial charge in [0.1, 0.15) is 0 Å². The summed E-state index contributed by atoms with van der Waals surface area (Å²) in [5.41, 5.74) is 0. The highest BCUT2D eigenvalue weighted by molar-refractivity contribution is 4.64. The number of likely N-dealkylation sites (tertiary alicyclic amines) is 1. The molecule has 0 bridgehead atoms. The standard InChI is InChI=1S/C12H23F3N2/c13-12(14,15)6-4-7-16-8-5-11-17-9-2-1-3-10-17/h16H,1-11H2. The zero-order valence-electron chi connectivity index (χ0n) is 10.4. The van der Waals surface area contributed by atoms with Crippen molar-refractivity contribution in [2.75, 3.05) is 32.7 Å². The van der Waals surface area contributed by atoms with E-state index in [1.54, 1.807) is 0 Å². The van der Waals surface area contributed by atoms with E-state index >= 15 is 0 Å². The van der Waals surface area contributed by atoms with E-state index in [4.69, 9.17) is 0 Å². The molecule has 102 valence electrons. The number of piperidine rings is 1. The highest BCUT2D eigenvalue weighted by atomic mass is 19.4. The van der Waals surface area contributed by atoms with Crippen LogP contribution >= 0.6 is 0 Å². The lowest BCUT2D eigenvalue weighted by Gasteiger charge is -2.26. The van der Waals surface area contributed by atoms with Crippen LogP contribution in [0.15, 0.2) is 0 Å². The lowest BCUT2D eigenvalue weighted by atomic mass is 10.1. The number of hydrogen-bond donors (Lipinski definition) is 1. The smallest absolute Gasteiger partial charge is 0.317 e. The first kappa shape index (κ1) is 14.8. The van der Waals surface area contributed by atoms with Gasteiger partial charge in [-0.3, -0.25) is 0 Å². The summed E-state index contributed by atoms with van der Waals surface area (Å²) in [6, 6.07) is 0. The summed E-state index contributed by atoms with van der Waals surface area (Å²) in [7, 11) is 0. The molecule has 0 aromatic rings. The van der Waals surface area contributed by atoms with Crippen molar-refractivity contribution in [1.29, 1.82) is 0 Å². The van der Waals surface area contributed by atoms with Gasteiger partial charge in [-0.05, 0) is 58.4 Å². The van der Waals surface area contributed by atoms with Crippen LogP contribution in [0.5, 0.6) is 0 Å². The number of nitrogens with zero attached hydrogens (tertiary/aromatic N) is 1. The van der Waals surface area contributed by atoms with Gasteiger partial charge in [0.2, 0.25) is 0 Å². The quantitative estimate of drug-likeness (QED) is 0.701. The van der Waals surface area contributed by atoms with Crippen LogP contribution in [-0.2, 0) is 0 Å². The Balaban J connectivity index is 1.84. The third kappa shape index (κ3) is 8.44. The molecule has 1 aliphatic rings. The minimum absolute atomic E-state index is 0.188. The number of rotatable bonds is 7. The predicted molar refractivity (Wildman–Crippen MR) is 63.1 cm³/mol. The molecule has 0 atom stereocenters. The van der Waals surface area contributed by atoms with Crippen LogP contribution in [0.25, 0.3) is 0 Å². The van der Waals surface area contributed by atoms with Crippen molar-refractivity contribution < 1.29 is 13.2 Å². The van der Waals surface area contributed by atoms with Crippen molar-refractivity contribution >= 4 is 0 Å². The van der Waals surface area contributed by atoms with E-state index in [1.165, 1.54) is 32.4 Å². The summed E-state index contributed by atoms with van der Waals surface area (Å²) in [4.78, 5) is 2.45. The van der Waals surface area contributed by atoms with Gasteiger partial charge in [-0.2, -0.15) is 13.2 Å². The van der Waals surface area contributed by atoms with Gasteiger partial charge in [-0.1, -0.05) is 6.42 Å². The molecule has 1 heterocycles. The Labute approximate surface area is 102 Å². The van der Waals surface area contributed by atoms with Gasteiger partial charge in [-0.15, -0.1) is 0 Å². The van der Waals surface area contributed by atoms with Crippen molar-refractivity contribution in [3.63, 3.8) is 0 Å². The fourth-order valence-electron chi connectivity index (χ4n) is 2.15. The van der Waals surface area contributed by atoms with E-state index in [2.05, 4.69) is 10.2 Å². The Hall–Kier alpha value is -0.290. The molecule has 0 saturated carbocycles. The SMILES string of the molecule is FC(F)(F)CCCNCCCN1CCCCC1. The third-order valence-corrected chi connectivity index (χ3v) is 3.09. The summed E-state index contributed by atoms with van der Waals surface area (Å²) in [6.07, 6.45) is 0.463. The normalized spacial score (nSPS) is 18.5. The maximum Gasteiger partial charge on any atom is 0.389 e. The second kappa shape index (κ2) is 7.93. The van der Waals surface area contributed by atoms with E-state index in [9.17, 15) is 13.2 Å². The van der Waals surface area contributed by atoms with Crippen LogP contribution < -0.4 is 5.32 Å². The van der Waals surface area contributed by atoms with E-state index in [-0.39, 0.29) is 6.42 Å². The topological polar surface area (TPSA) is 15.3 Å². The first-order valence-electron chi connectivity index (χ1n) is 6.58. The molecule has 0 radical (unpaired) electrons. The molecule has 5 heteroatoms. The molecule has 17 heavy (non-hydrogen) atoms. The monoisotopic (exact) mass is 252 g/mol. The lowest BCUT2D eigenvalue weighted by Crippen LogP contribution is -2.32. The molecule has 0 aromatic heterocycles. The van der Waals surface area contributed by atoms with Crippen LogP contribution in [0.3, 0.4) is 0 Å². The molecule has 1 N–H and O–H groups in total. The van der Waals surface area contributed by atoms with Crippen molar-refractivity contribution in [3.8, 4) is 0 Å². The van der Waals surface area contributed by atoms with Crippen LogP contribution in [0.2, 0.25) is 0 Å². The largest absolute Gasteiger partial charge is 0.389 e. The lowest BCUT2D eigenvalue weighted by molar-refractivity contribution is -0.135. The molecule has 1 rings (SSSR count). The Morgan fingerprint density at radius 3 is 2.24 bits per heavy atom. The molecule has 0 unspecified atom stereocenters. The molecular weight excluding hydrogens is 229 g/mol. The molecule has 1 aliphatic heterocycles. The molecule has 0 aliphatic carbocycles. The zero-order chi connectivity index (χ0) is 12.6. The minimum atomic E-state index is -4.00. The van der Waals surface area contributed by atoms with Crippen molar-refractivity contribution in [3.05, 3.63) is 0 Å². The number of halogens is 3.